The van der Waals surface area contributed by atoms with E-state index in [0.717, 1.165) is 5.56 Å². The normalized spacial score (nSPS) is 10.7. The zero-order valence-electron chi connectivity index (χ0n) is 14.8. The van der Waals surface area contributed by atoms with Crippen molar-refractivity contribution >= 4 is 23.6 Å². The van der Waals surface area contributed by atoms with Crippen molar-refractivity contribution in [1.29, 1.82) is 0 Å². The molecule has 2 aromatic carbocycles. The van der Waals surface area contributed by atoms with Gasteiger partial charge in [0.25, 0.3) is 0 Å². The lowest BCUT2D eigenvalue weighted by molar-refractivity contribution is -0.137. The van der Waals surface area contributed by atoms with E-state index in [4.69, 9.17) is 14.9 Å². The van der Waals surface area contributed by atoms with Crippen molar-refractivity contribution in [3.63, 3.8) is 0 Å². The van der Waals surface area contributed by atoms with Gasteiger partial charge in [-0.05, 0) is 24.6 Å². The average molecular weight is 374 g/mol. The number of esters is 1. The van der Waals surface area contributed by atoms with Crippen molar-refractivity contribution in [2.75, 3.05) is 11.9 Å². The Hall–Kier alpha value is -3.39. The average Bonchev–Trinajstić information content (AvgIpc) is 2.67. The van der Waals surface area contributed by atoms with Crippen LogP contribution in [0.4, 0.5) is 5.69 Å². The van der Waals surface area contributed by atoms with Crippen LogP contribution in [0.3, 0.4) is 0 Å². The zero-order valence-corrected chi connectivity index (χ0v) is 14.8. The number of rotatable bonds is 7. The molecule has 0 amide bonds. The molecule has 0 spiro atoms. The summed E-state index contributed by atoms with van der Waals surface area (Å²) in [6, 6.07) is 15.2. The Morgan fingerprint density at radius 1 is 1.04 bits per heavy atom. The zero-order chi connectivity index (χ0) is 20.2. The van der Waals surface area contributed by atoms with Crippen molar-refractivity contribution in [3.05, 3.63) is 65.7 Å². The van der Waals surface area contributed by atoms with Gasteiger partial charge >= 0.3 is 17.9 Å². The number of carbonyl (C=O) groups excluding carboxylic acids is 1. The first-order chi connectivity index (χ1) is 12.8. The molecule has 0 saturated heterocycles. The van der Waals surface area contributed by atoms with Crippen molar-refractivity contribution in [2.24, 2.45) is 5.73 Å². The fourth-order valence-corrected chi connectivity index (χ4v) is 1.88. The third kappa shape index (κ3) is 8.02. The number of anilines is 1. The Balaban J connectivity index is 0.000000646. The lowest BCUT2D eigenvalue weighted by Gasteiger charge is -2.14. The lowest BCUT2D eigenvalue weighted by Crippen LogP contribution is -2.26. The molecule has 0 radical (unpaired) electrons. The third-order valence-electron chi connectivity index (χ3n) is 3.28. The molecule has 0 saturated carbocycles. The summed E-state index contributed by atoms with van der Waals surface area (Å²) in [5.41, 5.74) is 6.21. The van der Waals surface area contributed by atoms with Gasteiger partial charge in [0, 0.05) is 5.69 Å². The van der Waals surface area contributed by atoms with Crippen LogP contribution in [-0.2, 0) is 20.9 Å². The molecule has 0 aliphatic carbocycles. The second kappa shape index (κ2) is 11.3. The van der Waals surface area contributed by atoms with E-state index in [1.807, 2.05) is 30.3 Å². The van der Waals surface area contributed by atoms with Gasteiger partial charge in [-0.1, -0.05) is 42.5 Å². The van der Waals surface area contributed by atoms with E-state index in [0.29, 0.717) is 11.3 Å². The molecule has 144 valence electrons. The summed E-state index contributed by atoms with van der Waals surface area (Å²) >= 11 is 0. The lowest BCUT2D eigenvalue weighted by atomic mass is 10.1. The number of carbonyl (C=O) groups is 3. The maximum absolute atomic E-state index is 12.2. The highest BCUT2D eigenvalue weighted by molar-refractivity contribution is 5.96. The van der Waals surface area contributed by atoms with Crippen LogP contribution < -0.4 is 11.1 Å². The van der Waals surface area contributed by atoms with Crippen molar-refractivity contribution < 1.29 is 29.3 Å². The predicted octanol–water partition coefficient (Wildman–Crippen LogP) is 1.96. The number of carboxylic acids is 2. The molecular formula is C19H22N2O6. The van der Waals surface area contributed by atoms with E-state index in [2.05, 4.69) is 11.1 Å². The van der Waals surface area contributed by atoms with E-state index >= 15 is 0 Å². The fourth-order valence-electron chi connectivity index (χ4n) is 1.88. The van der Waals surface area contributed by atoms with E-state index in [9.17, 15) is 14.4 Å². The van der Waals surface area contributed by atoms with E-state index in [1.54, 1.807) is 24.3 Å². The Kier molecular flexibility index (Phi) is 9.04. The van der Waals surface area contributed by atoms with Gasteiger partial charge < -0.3 is 26.0 Å². The van der Waals surface area contributed by atoms with Crippen molar-refractivity contribution in [2.45, 2.75) is 19.6 Å². The molecule has 8 nitrogen and oxygen atoms in total. The number of hydrogen-bond donors (Lipinski definition) is 4. The van der Waals surface area contributed by atoms with Crippen molar-refractivity contribution in [1.82, 2.24) is 0 Å². The van der Waals surface area contributed by atoms with Gasteiger partial charge in [0.15, 0.2) is 0 Å². The van der Waals surface area contributed by atoms with Crippen LogP contribution in [0.1, 0.15) is 22.8 Å². The first-order valence-corrected chi connectivity index (χ1v) is 8.06. The number of para-hydroxylation sites is 1. The van der Waals surface area contributed by atoms with Gasteiger partial charge in [-0.25, -0.2) is 4.79 Å². The highest BCUT2D eigenvalue weighted by Crippen LogP contribution is 2.18. The Morgan fingerprint density at radius 2 is 1.59 bits per heavy atom. The molecule has 5 N–H and O–H groups in total. The SMILES string of the molecule is C[C@H](Nc1ccccc1C(=O)OCc1ccccc1)C(=O)O.NCC(=O)O. The molecule has 27 heavy (non-hydrogen) atoms. The molecule has 0 bridgehead atoms. The Bertz CT molecular complexity index is 764. The summed E-state index contributed by atoms with van der Waals surface area (Å²) in [6.07, 6.45) is 0. The molecule has 0 heterocycles. The quantitative estimate of drug-likeness (QED) is 0.539. The Morgan fingerprint density at radius 3 is 2.15 bits per heavy atom. The number of aliphatic carboxylic acids is 2. The summed E-state index contributed by atoms with van der Waals surface area (Å²) in [4.78, 5) is 32.3. The van der Waals surface area contributed by atoms with Crippen molar-refractivity contribution in [3.8, 4) is 0 Å². The first kappa shape index (κ1) is 21.7. The third-order valence-corrected chi connectivity index (χ3v) is 3.28. The number of nitrogens with two attached hydrogens (primary N) is 1. The van der Waals surface area contributed by atoms with Gasteiger partial charge in [0.1, 0.15) is 12.6 Å². The molecule has 1 atom stereocenters. The fraction of sp³-hybridized carbons (Fsp3) is 0.211. The van der Waals surface area contributed by atoms with Crippen LogP contribution in [0, 0.1) is 0 Å². The van der Waals surface area contributed by atoms with Crippen LogP contribution in [0.5, 0.6) is 0 Å². The predicted molar refractivity (Wildman–Crippen MR) is 99.4 cm³/mol. The van der Waals surface area contributed by atoms with Crippen LogP contribution in [-0.4, -0.2) is 40.7 Å². The van der Waals surface area contributed by atoms with Gasteiger partial charge in [-0.2, -0.15) is 0 Å². The molecule has 2 rings (SSSR count). The van der Waals surface area contributed by atoms with E-state index in [1.165, 1.54) is 6.92 Å². The number of carboxylic acid groups (broad SMARTS) is 2. The van der Waals surface area contributed by atoms with Crippen LogP contribution in [0.2, 0.25) is 0 Å². The van der Waals surface area contributed by atoms with Gasteiger partial charge in [-0.15, -0.1) is 0 Å². The largest absolute Gasteiger partial charge is 0.480 e. The summed E-state index contributed by atoms with van der Waals surface area (Å²) in [5.74, 6) is -2.46. The van der Waals surface area contributed by atoms with Gasteiger partial charge in [0.05, 0.1) is 12.1 Å². The first-order valence-electron chi connectivity index (χ1n) is 8.06. The second-order valence-corrected chi connectivity index (χ2v) is 5.41. The molecular weight excluding hydrogens is 352 g/mol. The standard InChI is InChI=1S/C17H17NO4.C2H5NO2/c1-12(16(19)20)18-15-10-6-5-9-14(15)17(21)22-11-13-7-3-2-4-8-13;3-1-2(4)5/h2-10,12,18H,11H2,1H3,(H,19,20);1,3H2,(H,4,5)/t12-;/m0./s1. The molecule has 8 heteroatoms. The second-order valence-electron chi connectivity index (χ2n) is 5.41. The topological polar surface area (TPSA) is 139 Å². The monoisotopic (exact) mass is 374 g/mol. The summed E-state index contributed by atoms with van der Waals surface area (Å²) in [5, 5.41) is 19.3. The molecule has 0 aromatic heterocycles. The Labute approximate surface area is 156 Å². The number of benzene rings is 2. The summed E-state index contributed by atoms with van der Waals surface area (Å²) < 4.78 is 5.27. The minimum atomic E-state index is -0.993. The molecule has 0 aliphatic heterocycles. The summed E-state index contributed by atoms with van der Waals surface area (Å²) in [7, 11) is 0. The van der Waals surface area contributed by atoms with Crippen LogP contribution in [0.15, 0.2) is 54.6 Å². The number of hydrogen-bond acceptors (Lipinski definition) is 6. The van der Waals surface area contributed by atoms with E-state index < -0.39 is 23.9 Å². The van der Waals surface area contributed by atoms with E-state index in [-0.39, 0.29) is 13.2 Å². The van der Waals surface area contributed by atoms with Crippen LogP contribution in [0.25, 0.3) is 0 Å². The van der Waals surface area contributed by atoms with Gasteiger partial charge in [0.2, 0.25) is 0 Å². The number of ether oxygens (including phenoxy) is 1. The molecule has 0 fully saturated rings. The molecule has 0 aliphatic rings. The minimum absolute atomic E-state index is 0.169. The molecule has 0 unspecified atom stereocenters. The maximum Gasteiger partial charge on any atom is 0.340 e. The highest BCUT2D eigenvalue weighted by Gasteiger charge is 2.16. The highest BCUT2D eigenvalue weighted by atomic mass is 16.5. The van der Waals surface area contributed by atoms with Gasteiger partial charge in [-0.3, -0.25) is 9.59 Å². The maximum atomic E-state index is 12.2. The van der Waals surface area contributed by atoms with Crippen LogP contribution >= 0.6 is 0 Å². The summed E-state index contributed by atoms with van der Waals surface area (Å²) in [6.45, 7) is 1.40. The minimum Gasteiger partial charge on any atom is -0.480 e. The smallest absolute Gasteiger partial charge is 0.340 e. The number of nitrogens with one attached hydrogen (secondary N) is 1. The molecule has 2 aromatic rings.